The maximum atomic E-state index is 12.0. The van der Waals surface area contributed by atoms with Crippen LogP contribution in [-0.4, -0.2) is 24.5 Å². The van der Waals surface area contributed by atoms with Crippen molar-refractivity contribution in [1.82, 2.24) is 5.32 Å². The Morgan fingerprint density at radius 2 is 1.82 bits per heavy atom. The van der Waals surface area contributed by atoms with Crippen molar-refractivity contribution in [3.63, 3.8) is 0 Å². The van der Waals surface area contributed by atoms with Crippen molar-refractivity contribution in [2.45, 2.75) is 26.3 Å². The maximum absolute atomic E-state index is 12.0. The van der Waals surface area contributed by atoms with Gasteiger partial charge in [-0.15, -0.1) is 0 Å². The Balaban J connectivity index is 2.78. The number of hydrogen-bond acceptors (Lipinski definition) is 5. The highest BCUT2D eigenvalue weighted by atomic mass is 16.5. The lowest BCUT2D eigenvalue weighted by Crippen LogP contribution is -2.40. The van der Waals surface area contributed by atoms with Crippen LogP contribution in [0.1, 0.15) is 31.1 Å². The zero-order valence-electron chi connectivity index (χ0n) is 13.1. The lowest BCUT2D eigenvalue weighted by molar-refractivity contribution is -0.135. The molecule has 0 bridgehead atoms. The van der Waals surface area contributed by atoms with E-state index in [4.69, 9.17) is 5.26 Å². The second kappa shape index (κ2) is 7.27. The fourth-order valence-corrected chi connectivity index (χ4v) is 1.53. The smallest absolute Gasteiger partial charge is 0.350 e. The monoisotopic (exact) mass is 301 g/mol. The molecule has 0 fully saturated rings. The topological polar surface area (TPSA) is 91.2 Å². The molecule has 0 aromatic heterocycles. The summed E-state index contributed by atoms with van der Waals surface area (Å²) >= 11 is 0. The Hall–Kier alpha value is -2.81. The molecule has 6 heteroatoms. The van der Waals surface area contributed by atoms with Gasteiger partial charge in [0, 0.05) is 23.0 Å². The molecule has 22 heavy (non-hydrogen) atoms. The fraction of sp³-hybridized carbons (Fsp3) is 0.312. The highest BCUT2D eigenvalue weighted by molar-refractivity contribution is 5.95. The minimum atomic E-state index is -0.712. The third-order valence-corrected chi connectivity index (χ3v) is 2.54. The van der Waals surface area contributed by atoms with Crippen LogP contribution in [0.5, 0.6) is 0 Å². The van der Waals surface area contributed by atoms with Gasteiger partial charge in [0.15, 0.2) is 5.57 Å². The normalized spacial score (nSPS) is 11.3. The first kappa shape index (κ1) is 17.2. The van der Waals surface area contributed by atoms with Crippen molar-refractivity contribution in [1.29, 1.82) is 5.26 Å². The molecule has 0 aliphatic rings. The molecule has 1 aromatic rings. The van der Waals surface area contributed by atoms with Gasteiger partial charge < -0.3 is 15.4 Å². The quantitative estimate of drug-likeness (QED) is 0.505. The molecule has 0 radical (unpaired) electrons. The van der Waals surface area contributed by atoms with Gasteiger partial charge in [-0.1, -0.05) is 0 Å². The van der Waals surface area contributed by atoms with E-state index in [0.717, 1.165) is 0 Å². The lowest BCUT2D eigenvalue weighted by Gasteiger charge is -2.20. The molecule has 1 aromatic carbocycles. The van der Waals surface area contributed by atoms with Crippen molar-refractivity contribution in [3.05, 3.63) is 41.6 Å². The Morgan fingerprint density at radius 1 is 1.23 bits per heavy atom. The van der Waals surface area contributed by atoms with Crippen LogP contribution in [0, 0.1) is 11.3 Å². The molecule has 0 saturated carbocycles. The van der Waals surface area contributed by atoms with E-state index in [1.807, 2.05) is 20.8 Å². The number of esters is 1. The Bertz CT molecular complexity index is 620. The van der Waals surface area contributed by atoms with Crippen LogP contribution in [-0.2, 0) is 9.53 Å². The molecule has 2 N–H and O–H groups in total. The summed E-state index contributed by atoms with van der Waals surface area (Å²) in [5.74, 6) is -0.877. The first-order chi connectivity index (χ1) is 10.3. The number of methoxy groups -OCH3 is 1. The highest BCUT2D eigenvalue weighted by Crippen LogP contribution is 2.11. The van der Waals surface area contributed by atoms with E-state index in [1.54, 1.807) is 30.3 Å². The van der Waals surface area contributed by atoms with Crippen LogP contribution >= 0.6 is 0 Å². The minimum Gasteiger partial charge on any atom is -0.465 e. The van der Waals surface area contributed by atoms with Crippen LogP contribution in [0.2, 0.25) is 0 Å². The number of ether oxygens (including phenoxy) is 1. The summed E-state index contributed by atoms with van der Waals surface area (Å²) in [5.41, 5.74) is 0.720. The molecule has 116 valence electrons. The highest BCUT2D eigenvalue weighted by Gasteiger charge is 2.15. The van der Waals surface area contributed by atoms with E-state index in [9.17, 15) is 9.59 Å². The van der Waals surface area contributed by atoms with Crippen molar-refractivity contribution in [3.8, 4) is 6.07 Å². The van der Waals surface area contributed by atoms with Crippen molar-refractivity contribution in [2.75, 3.05) is 12.4 Å². The van der Waals surface area contributed by atoms with E-state index in [2.05, 4.69) is 15.4 Å². The van der Waals surface area contributed by atoms with Gasteiger partial charge in [-0.3, -0.25) is 4.79 Å². The predicted octanol–water partition coefficient (Wildman–Crippen LogP) is 2.21. The third kappa shape index (κ3) is 5.29. The third-order valence-electron chi connectivity index (χ3n) is 2.54. The van der Waals surface area contributed by atoms with E-state index in [-0.39, 0.29) is 17.0 Å². The molecule has 0 aliphatic heterocycles. The first-order valence-corrected chi connectivity index (χ1v) is 6.64. The number of nitrogens with zero attached hydrogens (tertiary/aromatic N) is 1. The number of carbonyl (C=O) groups excluding carboxylic acids is 2. The minimum absolute atomic E-state index is 0.142. The largest absolute Gasteiger partial charge is 0.465 e. The van der Waals surface area contributed by atoms with Crippen LogP contribution in [0.4, 0.5) is 5.69 Å². The molecule has 0 spiro atoms. The summed E-state index contributed by atoms with van der Waals surface area (Å²) in [5, 5.41) is 14.5. The second-order valence-corrected chi connectivity index (χ2v) is 5.59. The zero-order chi connectivity index (χ0) is 16.8. The number of hydrogen-bond donors (Lipinski definition) is 2. The number of carbonyl (C=O) groups is 2. The Kier molecular flexibility index (Phi) is 5.70. The van der Waals surface area contributed by atoms with E-state index < -0.39 is 5.97 Å². The van der Waals surface area contributed by atoms with E-state index in [1.165, 1.54) is 13.3 Å². The molecule has 1 amide bonds. The molecular weight excluding hydrogens is 282 g/mol. The van der Waals surface area contributed by atoms with Gasteiger partial charge in [0.25, 0.3) is 5.91 Å². The SMILES string of the molecule is COC(=O)/C(C#N)=C/Nc1ccc(C(=O)NC(C)(C)C)cc1. The average molecular weight is 301 g/mol. The van der Waals surface area contributed by atoms with Crippen molar-refractivity contribution < 1.29 is 14.3 Å². The Morgan fingerprint density at radius 3 is 2.27 bits per heavy atom. The van der Waals surface area contributed by atoms with Crippen LogP contribution in [0.3, 0.4) is 0 Å². The van der Waals surface area contributed by atoms with Gasteiger partial charge in [0.2, 0.25) is 0 Å². The van der Waals surface area contributed by atoms with Gasteiger partial charge in [-0.05, 0) is 45.0 Å². The summed E-state index contributed by atoms with van der Waals surface area (Å²) in [7, 11) is 1.20. The molecular formula is C16H19N3O3. The predicted molar refractivity (Wildman–Crippen MR) is 83.0 cm³/mol. The number of nitriles is 1. The zero-order valence-corrected chi connectivity index (χ0v) is 13.1. The van der Waals surface area contributed by atoms with Gasteiger partial charge in [0.1, 0.15) is 6.07 Å². The molecule has 0 aliphatic carbocycles. The average Bonchev–Trinajstić information content (AvgIpc) is 2.46. The lowest BCUT2D eigenvalue weighted by atomic mass is 10.1. The number of anilines is 1. The summed E-state index contributed by atoms with van der Waals surface area (Å²) in [4.78, 5) is 23.2. The number of amides is 1. The summed E-state index contributed by atoms with van der Waals surface area (Å²) < 4.78 is 4.47. The Labute approximate surface area is 129 Å². The van der Waals surface area contributed by atoms with Gasteiger partial charge in [0.05, 0.1) is 7.11 Å². The van der Waals surface area contributed by atoms with Crippen LogP contribution < -0.4 is 10.6 Å². The van der Waals surface area contributed by atoms with Crippen molar-refractivity contribution >= 4 is 17.6 Å². The van der Waals surface area contributed by atoms with Crippen molar-refractivity contribution in [2.24, 2.45) is 0 Å². The second-order valence-electron chi connectivity index (χ2n) is 5.59. The number of nitrogens with one attached hydrogen (secondary N) is 2. The van der Waals surface area contributed by atoms with E-state index in [0.29, 0.717) is 11.3 Å². The van der Waals surface area contributed by atoms with Gasteiger partial charge in [-0.2, -0.15) is 5.26 Å². The first-order valence-electron chi connectivity index (χ1n) is 6.64. The fourth-order valence-electron chi connectivity index (χ4n) is 1.53. The molecule has 0 atom stereocenters. The molecule has 1 rings (SSSR count). The standard InChI is InChI=1S/C16H19N3O3/c1-16(2,3)19-14(20)11-5-7-13(8-6-11)18-10-12(9-17)15(21)22-4/h5-8,10,18H,1-4H3,(H,19,20)/b12-10+. The summed E-state index contributed by atoms with van der Waals surface area (Å²) in [6, 6.07) is 8.41. The van der Waals surface area contributed by atoms with Crippen LogP contribution in [0.25, 0.3) is 0 Å². The number of benzene rings is 1. The van der Waals surface area contributed by atoms with Gasteiger partial charge in [-0.25, -0.2) is 4.79 Å². The van der Waals surface area contributed by atoms with Gasteiger partial charge >= 0.3 is 5.97 Å². The molecule has 6 nitrogen and oxygen atoms in total. The molecule has 0 saturated heterocycles. The van der Waals surface area contributed by atoms with E-state index >= 15 is 0 Å². The molecule has 0 heterocycles. The molecule has 0 unspecified atom stereocenters. The maximum Gasteiger partial charge on any atom is 0.350 e. The number of rotatable bonds is 4. The summed E-state index contributed by atoms with van der Waals surface area (Å²) in [6.07, 6.45) is 1.26. The summed E-state index contributed by atoms with van der Waals surface area (Å²) in [6.45, 7) is 5.71. The van der Waals surface area contributed by atoms with Crippen LogP contribution in [0.15, 0.2) is 36.0 Å².